The minimum absolute atomic E-state index is 0.0799. The monoisotopic (exact) mass is 334 g/mol. The average Bonchev–Trinajstić information content (AvgIpc) is 3.41. The highest BCUT2D eigenvalue weighted by atomic mass is 16.5. The molecule has 0 N–H and O–H groups in total. The molecule has 4 saturated carbocycles. The predicted molar refractivity (Wildman–Crippen MR) is 101 cm³/mol. The summed E-state index contributed by atoms with van der Waals surface area (Å²) in [6.07, 6.45) is 14.6. The number of rotatable bonds is 3. The number of hydrogen-bond acceptors (Lipinski definition) is 1. The third-order valence-corrected chi connectivity index (χ3v) is 8.60. The van der Waals surface area contributed by atoms with Crippen molar-refractivity contribution in [3.8, 4) is 5.75 Å². The van der Waals surface area contributed by atoms with Gasteiger partial charge in [-0.3, -0.25) is 0 Å². The molecule has 5 aliphatic carbocycles. The zero-order chi connectivity index (χ0) is 16.6. The minimum atomic E-state index is 0.0799. The first-order valence-electron chi connectivity index (χ1n) is 10.7. The number of fused-ring (bicyclic) bond motifs is 9. The molecule has 1 aromatic carbocycles. The lowest BCUT2D eigenvalue weighted by molar-refractivity contribution is 0.0967. The lowest BCUT2D eigenvalue weighted by Gasteiger charge is -2.37. The predicted octanol–water partition coefficient (Wildman–Crippen LogP) is 5.96. The van der Waals surface area contributed by atoms with E-state index < -0.39 is 0 Å². The van der Waals surface area contributed by atoms with Gasteiger partial charge in [-0.2, -0.15) is 0 Å². The molecule has 4 fully saturated rings. The van der Waals surface area contributed by atoms with Gasteiger partial charge in [0.15, 0.2) is 0 Å². The summed E-state index contributed by atoms with van der Waals surface area (Å²) in [5.41, 5.74) is 1.66. The maximum absolute atomic E-state index is 6.34. The molecule has 1 aromatic rings. The molecule has 7 atom stereocenters. The molecular weight excluding hydrogens is 304 g/mol. The molecule has 0 aromatic heterocycles. The lowest BCUT2D eigenvalue weighted by atomic mass is 9.68. The van der Waals surface area contributed by atoms with E-state index in [9.17, 15) is 0 Å². The molecule has 0 radical (unpaired) electrons. The molecule has 1 heteroatoms. The van der Waals surface area contributed by atoms with Gasteiger partial charge in [0.1, 0.15) is 11.4 Å². The van der Waals surface area contributed by atoms with Crippen LogP contribution in [0.5, 0.6) is 5.75 Å². The van der Waals surface area contributed by atoms with Crippen LogP contribution in [0.15, 0.2) is 36.4 Å². The molecule has 132 valence electrons. The van der Waals surface area contributed by atoms with Gasteiger partial charge in [0.05, 0.1) is 0 Å². The van der Waals surface area contributed by atoms with Gasteiger partial charge in [0.2, 0.25) is 0 Å². The van der Waals surface area contributed by atoms with Crippen molar-refractivity contribution in [1.29, 1.82) is 0 Å². The highest BCUT2D eigenvalue weighted by Gasteiger charge is 2.60. The number of ether oxygens (including phenoxy) is 1. The summed E-state index contributed by atoms with van der Waals surface area (Å²) in [7, 11) is 0. The second-order valence-corrected chi connectivity index (χ2v) is 9.93. The van der Waals surface area contributed by atoms with Crippen molar-refractivity contribution in [1.82, 2.24) is 0 Å². The van der Waals surface area contributed by atoms with Crippen LogP contribution in [0.4, 0.5) is 0 Å². The van der Waals surface area contributed by atoms with E-state index in [2.05, 4.69) is 43.3 Å². The molecule has 0 aliphatic heterocycles. The average molecular weight is 335 g/mol. The van der Waals surface area contributed by atoms with Crippen molar-refractivity contribution in [2.45, 2.75) is 63.4 Å². The highest BCUT2D eigenvalue weighted by molar-refractivity contribution is 5.33. The summed E-state index contributed by atoms with van der Waals surface area (Å²) in [4.78, 5) is 0. The molecule has 25 heavy (non-hydrogen) atoms. The van der Waals surface area contributed by atoms with Gasteiger partial charge in [0, 0.05) is 0 Å². The molecule has 0 amide bonds. The Kier molecular flexibility index (Phi) is 3.06. The normalized spacial score (nSPS) is 45.2. The van der Waals surface area contributed by atoms with E-state index >= 15 is 0 Å². The quantitative estimate of drug-likeness (QED) is 0.489. The number of hydrogen-bond donors (Lipinski definition) is 0. The molecule has 0 spiro atoms. The fourth-order valence-electron chi connectivity index (χ4n) is 7.69. The number of allylic oxidation sites excluding steroid dienone is 2. The van der Waals surface area contributed by atoms with Crippen LogP contribution in [0.1, 0.15) is 63.4 Å². The highest BCUT2D eigenvalue weighted by Crippen LogP contribution is 2.68. The van der Waals surface area contributed by atoms with Crippen LogP contribution >= 0.6 is 0 Å². The molecule has 7 unspecified atom stereocenters. The lowest BCUT2D eigenvalue weighted by Crippen LogP contribution is -2.30. The summed E-state index contributed by atoms with van der Waals surface area (Å²) in [6, 6.07) is 9.28. The van der Waals surface area contributed by atoms with Crippen LogP contribution in [0, 0.1) is 35.5 Å². The fraction of sp³-hybridized carbons (Fsp3) is 0.667. The molecule has 0 saturated heterocycles. The maximum atomic E-state index is 6.34. The van der Waals surface area contributed by atoms with E-state index in [0.29, 0.717) is 0 Å². The van der Waals surface area contributed by atoms with Gasteiger partial charge in [-0.1, -0.05) is 24.3 Å². The Morgan fingerprint density at radius 2 is 1.60 bits per heavy atom. The Bertz CT molecular complexity index is 695. The smallest absolute Gasteiger partial charge is 0.120 e. The molecule has 4 bridgehead atoms. The largest absolute Gasteiger partial charge is 0.488 e. The van der Waals surface area contributed by atoms with Gasteiger partial charge >= 0.3 is 0 Å². The van der Waals surface area contributed by atoms with E-state index in [-0.39, 0.29) is 5.60 Å². The molecule has 1 nitrogen and oxygen atoms in total. The van der Waals surface area contributed by atoms with E-state index in [4.69, 9.17) is 4.74 Å². The van der Waals surface area contributed by atoms with E-state index in [1.807, 2.05) is 0 Å². The van der Waals surface area contributed by atoms with Crippen molar-refractivity contribution < 1.29 is 4.74 Å². The van der Waals surface area contributed by atoms with Crippen LogP contribution in [-0.2, 0) is 0 Å². The molecule has 0 heterocycles. The summed E-state index contributed by atoms with van der Waals surface area (Å²) in [5, 5.41) is 0. The van der Waals surface area contributed by atoms with Gasteiger partial charge in [-0.05, 0) is 111 Å². The van der Waals surface area contributed by atoms with E-state index in [1.165, 1.54) is 44.9 Å². The second-order valence-electron chi connectivity index (χ2n) is 9.93. The Morgan fingerprint density at radius 3 is 2.36 bits per heavy atom. The summed E-state index contributed by atoms with van der Waals surface area (Å²) in [5.74, 6) is 7.76. The van der Waals surface area contributed by atoms with Crippen molar-refractivity contribution in [3.63, 3.8) is 0 Å². The number of benzene rings is 1. The summed E-state index contributed by atoms with van der Waals surface area (Å²) < 4.78 is 6.34. The van der Waals surface area contributed by atoms with Gasteiger partial charge in [-0.15, -0.1) is 0 Å². The topological polar surface area (TPSA) is 9.23 Å². The van der Waals surface area contributed by atoms with Crippen molar-refractivity contribution in [2.75, 3.05) is 0 Å². The van der Waals surface area contributed by atoms with Crippen LogP contribution in [0.3, 0.4) is 0 Å². The van der Waals surface area contributed by atoms with Crippen LogP contribution in [0.25, 0.3) is 0 Å². The molecular formula is C24H30O. The minimum Gasteiger partial charge on any atom is -0.488 e. The third kappa shape index (κ3) is 2.14. The zero-order valence-electron chi connectivity index (χ0n) is 15.4. The summed E-state index contributed by atoms with van der Waals surface area (Å²) >= 11 is 0. The van der Waals surface area contributed by atoms with Crippen LogP contribution in [-0.4, -0.2) is 5.60 Å². The summed E-state index contributed by atoms with van der Waals surface area (Å²) in [6.45, 7) is 2.28. The third-order valence-electron chi connectivity index (χ3n) is 8.60. The maximum Gasteiger partial charge on any atom is 0.120 e. The standard InChI is InChI=1S/C24H30O/c1-24(10-2-3-11-24)25-19-8-6-15(7-9-19)20-13-18-14-21(20)23-17-5-4-16(12-17)22(18)23/h4-9,16-18,20-23H,2-3,10-14H2,1H3. The molecule has 5 aliphatic rings. The van der Waals surface area contributed by atoms with Gasteiger partial charge < -0.3 is 4.74 Å². The van der Waals surface area contributed by atoms with Crippen molar-refractivity contribution in [3.05, 3.63) is 42.0 Å². The first kappa shape index (κ1) is 14.9. The van der Waals surface area contributed by atoms with Crippen LogP contribution in [0.2, 0.25) is 0 Å². The van der Waals surface area contributed by atoms with E-state index in [0.717, 1.165) is 47.2 Å². The Balaban J connectivity index is 1.21. The van der Waals surface area contributed by atoms with Crippen LogP contribution < -0.4 is 4.74 Å². The Labute approximate surface area is 151 Å². The van der Waals surface area contributed by atoms with Gasteiger partial charge in [0.25, 0.3) is 0 Å². The van der Waals surface area contributed by atoms with Gasteiger partial charge in [-0.25, -0.2) is 0 Å². The van der Waals surface area contributed by atoms with E-state index in [1.54, 1.807) is 5.56 Å². The van der Waals surface area contributed by atoms with Crippen molar-refractivity contribution >= 4 is 0 Å². The SMILES string of the molecule is CC1(Oc2ccc(C3CC4CC3C3C5C=CC(C5)C43)cc2)CCCC1. The fourth-order valence-corrected chi connectivity index (χ4v) is 7.69. The first-order chi connectivity index (χ1) is 12.2. The molecule has 6 rings (SSSR count). The Hall–Kier alpha value is -1.24. The first-order valence-corrected chi connectivity index (χ1v) is 10.7. The second kappa shape index (κ2) is 5.15. The zero-order valence-corrected chi connectivity index (χ0v) is 15.4. The van der Waals surface area contributed by atoms with Crippen molar-refractivity contribution in [2.24, 2.45) is 35.5 Å². The Morgan fingerprint density at radius 1 is 0.880 bits per heavy atom.